The summed E-state index contributed by atoms with van der Waals surface area (Å²) < 4.78 is 23.6. The molecule has 1 unspecified atom stereocenters. The monoisotopic (exact) mass is 338 g/mol. The molecule has 2 aliphatic heterocycles. The van der Waals surface area contributed by atoms with Gasteiger partial charge in [0, 0.05) is 25.2 Å². The number of hydrogen-bond acceptors (Lipinski definition) is 6. The number of carbonyl (C=O) groups excluding carboxylic acids is 2. The van der Waals surface area contributed by atoms with Crippen molar-refractivity contribution in [1.82, 2.24) is 9.88 Å². The second-order valence-electron chi connectivity index (χ2n) is 5.87. The van der Waals surface area contributed by atoms with Crippen molar-refractivity contribution >= 4 is 33.0 Å². The fraction of sp³-hybridized carbons (Fsp3) is 0.500. The van der Waals surface area contributed by atoms with Gasteiger partial charge in [-0.15, -0.1) is 0 Å². The topological polar surface area (TPSA) is 99.7 Å². The van der Waals surface area contributed by atoms with Crippen molar-refractivity contribution in [3.05, 3.63) is 18.5 Å². The molecular formula is C14H18N4O4S. The number of sulfone groups is 1. The molecule has 8 nitrogen and oxygen atoms in total. The summed E-state index contributed by atoms with van der Waals surface area (Å²) in [4.78, 5) is 31.6. The van der Waals surface area contributed by atoms with Gasteiger partial charge in [-0.1, -0.05) is 0 Å². The zero-order valence-electron chi connectivity index (χ0n) is 12.7. The summed E-state index contributed by atoms with van der Waals surface area (Å²) in [7, 11) is -1.30. The van der Waals surface area contributed by atoms with E-state index in [9.17, 15) is 18.0 Å². The third-order valence-corrected chi connectivity index (χ3v) is 5.90. The second kappa shape index (κ2) is 5.89. The summed E-state index contributed by atoms with van der Waals surface area (Å²) in [6.45, 7) is 0.348. The second-order valence-corrected chi connectivity index (χ2v) is 8.10. The minimum atomic E-state index is -3.11. The van der Waals surface area contributed by atoms with Crippen LogP contribution in [-0.2, 0) is 19.4 Å². The summed E-state index contributed by atoms with van der Waals surface area (Å²) in [5.41, 5.74) is 1.08. The van der Waals surface area contributed by atoms with E-state index in [0.29, 0.717) is 17.9 Å². The number of anilines is 2. The van der Waals surface area contributed by atoms with Gasteiger partial charge in [0.05, 0.1) is 29.1 Å². The van der Waals surface area contributed by atoms with Crippen molar-refractivity contribution in [2.45, 2.75) is 12.5 Å². The van der Waals surface area contributed by atoms with Gasteiger partial charge in [-0.2, -0.15) is 0 Å². The van der Waals surface area contributed by atoms with Crippen LogP contribution in [-0.4, -0.2) is 67.8 Å². The van der Waals surface area contributed by atoms with E-state index >= 15 is 0 Å². The first-order valence-corrected chi connectivity index (χ1v) is 9.13. The predicted octanol–water partition coefficient (Wildman–Crippen LogP) is -0.514. The number of carbonyl (C=O) groups is 2. The van der Waals surface area contributed by atoms with Crippen molar-refractivity contribution in [3.63, 3.8) is 0 Å². The largest absolute Gasteiger partial charge is 0.321 e. The number of nitrogens with zero attached hydrogens (tertiary/aromatic N) is 3. The van der Waals surface area contributed by atoms with E-state index in [1.54, 1.807) is 12.3 Å². The lowest BCUT2D eigenvalue weighted by Crippen LogP contribution is -2.50. The molecule has 3 heterocycles. The summed E-state index contributed by atoms with van der Waals surface area (Å²) in [6.07, 6.45) is 3.10. The Kier molecular flexibility index (Phi) is 4.07. The molecule has 1 aromatic heterocycles. The SMILES string of the molecule is CN1CCS(=O)(=O)CC1CC(=O)N1CC(=O)Nc2cnccc21. The van der Waals surface area contributed by atoms with E-state index in [1.807, 2.05) is 11.9 Å². The minimum absolute atomic E-state index is 0.0293. The highest BCUT2D eigenvalue weighted by atomic mass is 32.2. The van der Waals surface area contributed by atoms with Crippen molar-refractivity contribution in [2.24, 2.45) is 0 Å². The molecule has 0 aromatic carbocycles. The van der Waals surface area contributed by atoms with E-state index in [4.69, 9.17) is 0 Å². The lowest BCUT2D eigenvalue weighted by atomic mass is 10.1. The average Bonchev–Trinajstić information content (AvgIpc) is 2.49. The molecule has 0 saturated carbocycles. The molecule has 23 heavy (non-hydrogen) atoms. The Balaban J connectivity index is 1.79. The molecule has 1 saturated heterocycles. The van der Waals surface area contributed by atoms with Gasteiger partial charge in [0.1, 0.15) is 6.54 Å². The number of nitrogens with one attached hydrogen (secondary N) is 1. The van der Waals surface area contributed by atoms with E-state index in [-0.39, 0.29) is 42.3 Å². The van der Waals surface area contributed by atoms with Crippen molar-refractivity contribution in [3.8, 4) is 0 Å². The lowest BCUT2D eigenvalue weighted by Gasteiger charge is -2.34. The summed E-state index contributed by atoms with van der Waals surface area (Å²) >= 11 is 0. The highest BCUT2D eigenvalue weighted by Gasteiger charge is 2.34. The number of rotatable bonds is 2. The number of fused-ring (bicyclic) bond motifs is 1. The lowest BCUT2D eigenvalue weighted by molar-refractivity contribution is -0.122. The molecule has 0 radical (unpaired) electrons. The quantitative estimate of drug-likeness (QED) is 0.779. The molecule has 0 spiro atoms. The third kappa shape index (κ3) is 3.35. The maximum atomic E-state index is 12.6. The molecule has 3 rings (SSSR count). The van der Waals surface area contributed by atoms with Crippen LogP contribution in [0.2, 0.25) is 0 Å². The smallest absolute Gasteiger partial charge is 0.244 e. The molecule has 9 heteroatoms. The van der Waals surface area contributed by atoms with Crippen molar-refractivity contribution in [1.29, 1.82) is 0 Å². The maximum absolute atomic E-state index is 12.6. The van der Waals surface area contributed by atoms with Crippen LogP contribution in [0.25, 0.3) is 0 Å². The first kappa shape index (κ1) is 15.9. The molecule has 2 aliphatic rings. The van der Waals surface area contributed by atoms with Crippen LogP contribution in [0, 0.1) is 0 Å². The van der Waals surface area contributed by atoms with Crippen molar-refractivity contribution < 1.29 is 18.0 Å². The highest BCUT2D eigenvalue weighted by molar-refractivity contribution is 7.91. The third-order valence-electron chi connectivity index (χ3n) is 4.20. The van der Waals surface area contributed by atoms with Crippen LogP contribution in [0.4, 0.5) is 11.4 Å². The molecule has 1 atom stereocenters. The Bertz CT molecular complexity index is 749. The van der Waals surface area contributed by atoms with Crippen LogP contribution in [0.5, 0.6) is 0 Å². The van der Waals surface area contributed by atoms with E-state index in [2.05, 4.69) is 10.3 Å². The van der Waals surface area contributed by atoms with Gasteiger partial charge in [-0.05, 0) is 13.1 Å². The van der Waals surface area contributed by atoms with Gasteiger partial charge < -0.3 is 15.1 Å². The number of hydrogen-bond donors (Lipinski definition) is 1. The molecular weight excluding hydrogens is 320 g/mol. The Labute approximate surface area is 134 Å². The Morgan fingerprint density at radius 3 is 3.04 bits per heavy atom. The standard InChI is InChI=1S/C14H18N4O4S/c1-17-4-5-23(21,22)9-10(17)6-14(20)18-8-13(19)16-11-7-15-3-2-12(11)18/h2-3,7,10H,4-6,8-9H2,1H3,(H,16,19). The fourth-order valence-electron chi connectivity index (χ4n) is 2.86. The molecule has 1 N–H and O–H groups in total. The summed E-state index contributed by atoms with van der Waals surface area (Å²) in [6, 6.07) is 1.30. The normalized spacial score (nSPS) is 24.0. The first-order valence-electron chi connectivity index (χ1n) is 7.30. The van der Waals surface area contributed by atoms with Crippen LogP contribution < -0.4 is 10.2 Å². The Hall–Kier alpha value is -2.00. The first-order chi connectivity index (χ1) is 10.9. The maximum Gasteiger partial charge on any atom is 0.244 e. The predicted molar refractivity (Wildman–Crippen MR) is 84.9 cm³/mol. The molecule has 0 bridgehead atoms. The van der Waals surface area contributed by atoms with Crippen molar-refractivity contribution in [2.75, 3.05) is 41.9 Å². The molecule has 2 amide bonds. The summed E-state index contributed by atoms with van der Waals surface area (Å²) in [5, 5.41) is 2.67. The van der Waals surface area contributed by atoms with Gasteiger partial charge in [0.15, 0.2) is 9.84 Å². The Morgan fingerprint density at radius 2 is 2.26 bits per heavy atom. The van der Waals surface area contributed by atoms with E-state index in [0.717, 1.165) is 0 Å². The van der Waals surface area contributed by atoms with E-state index in [1.165, 1.54) is 11.1 Å². The summed E-state index contributed by atoms with van der Waals surface area (Å²) in [5.74, 6) is -0.461. The average molecular weight is 338 g/mol. The highest BCUT2D eigenvalue weighted by Crippen LogP contribution is 2.29. The minimum Gasteiger partial charge on any atom is -0.321 e. The van der Waals surface area contributed by atoms with Crippen LogP contribution in [0.3, 0.4) is 0 Å². The number of amides is 2. The van der Waals surface area contributed by atoms with Gasteiger partial charge in [-0.3, -0.25) is 14.6 Å². The molecule has 1 fully saturated rings. The molecule has 0 aliphatic carbocycles. The zero-order chi connectivity index (χ0) is 16.6. The van der Waals surface area contributed by atoms with Gasteiger partial charge in [0.25, 0.3) is 0 Å². The number of pyridine rings is 1. The van der Waals surface area contributed by atoms with E-state index < -0.39 is 9.84 Å². The van der Waals surface area contributed by atoms with Crippen LogP contribution in [0.15, 0.2) is 18.5 Å². The van der Waals surface area contributed by atoms with Crippen LogP contribution in [0.1, 0.15) is 6.42 Å². The fourth-order valence-corrected chi connectivity index (χ4v) is 4.55. The van der Waals surface area contributed by atoms with Gasteiger partial charge in [0.2, 0.25) is 11.8 Å². The Morgan fingerprint density at radius 1 is 1.48 bits per heavy atom. The molecule has 1 aromatic rings. The number of aromatic nitrogens is 1. The molecule has 124 valence electrons. The van der Waals surface area contributed by atoms with Crippen LogP contribution >= 0.6 is 0 Å². The van der Waals surface area contributed by atoms with Gasteiger partial charge in [-0.25, -0.2) is 8.42 Å². The zero-order valence-corrected chi connectivity index (χ0v) is 13.5. The van der Waals surface area contributed by atoms with Gasteiger partial charge >= 0.3 is 0 Å².